The normalized spacial score (nSPS) is 13.9. The number of hydrogen-bond donors (Lipinski definition) is 2. The quantitative estimate of drug-likeness (QED) is 0.366. The summed E-state index contributed by atoms with van der Waals surface area (Å²) in [4.78, 5) is 24.5. The highest BCUT2D eigenvalue weighted by molar-refractivity contribution is 7.98. The number of para-hydroxylation sites is 1. The van der Waals surface area contributed by atoms with Crippen molar-refractivity contribution in [2.75, 3.05) is 37.3 Å². The Morgan fingerprint density at radius 3 is 2.80 bits per heavy atom. The lowest BCUT2D eigenvalue weighted by Crippen LogP contribution is -2.50. The molecule has 0 bridgehead atoms. The van der Waals surface area contributed by atoms with Crippen molar-refractivity contribution in [2.45, 2.75) is 18.4 Å². The van der Waals surface area contributed by atoms with Gasteiger partial charge in [-0.1, -0.05) is 18.1 Å². The number of benzene rings is 1. The molecular weight excluding hydrogens is 400 g/mol. The van der Waals surface area contributed by atoms with E-state index in [9.17, 15) is 4.79 Å². The van der Waals surface area contributed by atoms with Gasteiger partial charge in [-0.3, -0.25) is 14.3 Å². The van der Waals surface area contributed by atoms with E-state index in [1.54, 1.807) is 25.7 Å². The van der Waals surface area contributed by atoms with Crippen molar-refractivity contribution < 1.29 is 9.30 Å². The lowest BCUT2D eigenvalue weighted by molar-refractivity contribution is -0.646. The van der Waals surface area contributed by atoms with Gasteiger partial charge in [0.2, 0.25) is 11.2 Å². The molecule has 1 aromatic carbocycles. The van der Waals surface area contributed by atoms with Crippen LogP contribution in [-0.4, -0.2) is 47.0 Å². The first-order valence-corrected chi connectivity index (χ1v) is 11.0. The van der Waals surface area contributed by atoms with Gasteiger partial charge in [-0.05, 0) is 25.3 Å². The molecule has 0 saturated carbocycles. The molecule has 2 aromatic heterocycles. The van der Waals surface area contributed by atoms with Gasteiger partial charge in [0.25, 0.3) is 5.56 Å². The number of rotatable bonds is 5. The summed E-state index contributed by atoms with van der Waals surface area (Å²) in [6.07, 6.45) is 1.99. The molecule has 1 aliphatic rings. The van der Waals surface area contributed by atoms with E-state index in [2.05, 4.69) is 32.0 Å². The van der Waals surface area contributed by atoms with Crippen molar-refractivity contribution >= 4 is 28.9 Å². The molecule has 0 spiro atoms. The van der Waals surface area contributed by atoms with E-state index in [1.807, 2.05) is 35.1 Å². The molecule has 3 heterocycles. The molecule has 2 N–H and O–H groups in total. The number of nitrogens with zero attached hydrogens (tertiary/aromatic N) is 4. The summed E-state index contributed by atoms with van der Waals surface area (Å²) in [7, 11) is 1.68. The molecule has 1 saturated heterocycles. The first kappa shape index (κ1) is 20.3. The van der Waals surface area contributed by atoms with Crippen molar-refractivity contribution in [3.63, 3.8) is 0 Å². The van der Waals surface area contributed by atoms with E-state index in [4.69, 9.17) is 4.74 Å². The molecule has 3 aromatic rings. The highest BCUT2D eigenvalue weighted by Gasteiger charge is 2.29. The van der Waals surface area contributed by atoms with Crippen LogP contribution in [0.15, 0.2) is 34.0 Å². The second kappa shape index (κ2) is 8.81. The van der Waals surface area contributed by atoms with Crippen LogP contribution in [0, 0.1) is 11.8 Å². The summed E-state index contributed by atoms with van der Waals surface area (Å²) in [6, 6.07) is 7.96. The summed E-state index contributed by atoms with van der Waals surface area (Å²) in [6.45, 7) is 5.68. The van der Waals surface area contributed by atoms with Crippen LogP contribution in [0.4, 0.5) is 5.95 Å². The predicted octanol–water partition coefficient (Wildman–Crippen LogP) is 1.50. The molecule has 0 radical (unpaired) electrons. The van der Waals surface area contributed by atoms with Gasteiger partial charge in [-0.2, -0.15) is 4.98 Å². The van der Waals surface area contributed by atoms with Gasteiger partial charge in [0.15, 0.2) is 0 Å². The van der Waals surface area contributed by atoms with Gasteiger partial charge in [-0.15, -0.1) is 17.7 Å². The first-order valence-electron chi connectivity index (χ1n) is 9.82. The van der Waals surface area contributed by atoms with Crippen LogP contribution in [0.2, 0.25) is 0 Å². The Hall–Kier alpha value is -2.96. The van der Waals surface area contributed by atoms with E-state index in [1.165, 1.54) is 4.57 Å². The van der Waals surface area contributed by atoms with Crippen molar-refractivity contribution in [1.29, 1.82) is 0 Å². The maximum absolute atomic E-state index is 13.3. The highest BCUT2D eigenvalue weighted by atomic mass is 32.2. The fraction of sp³-hybridized carbons (Fsp3) is 0.381. The highest BCUT2D eigenvalue weighted by Crippen LogP contribution is 2.30. The van der Waals surface area contributed by atoms with Crippen LogP contribution < -0.4 is 25.1 Å². The molecule has 30 heavy (non-hydrogen) atoms. The number of aromatic amines is 1. The number of aromatic nitrogens is 4. The Balaban J connectivity index is 1.84. The molecule has 0 amide bonds. The van der Waals surface area contributed by atoms with Crippen LogP contribution in [0.1, 0.15) is 6.92 Å². The summed E-state index contributed by atoms with van der Waals surface area (Å²) >= 11 is 1.58. The fourth-order valence-corrected chi connectivity index (χ4v) is 4.04. The zero-order valence-electron chi connectivity index (χ0n) is 17.4. The van der Waals surface area contributed by atoms with Gasteiger partial charge in [-0.25, -0.2) is 9.55 Å². The Labute approximate surface area is 179 Å². The second-order valence-corrected chi connectivity index (χ2v) is 7.76. The summed E-state index contributed by atoms with van der Waals surface area (Å²) in [5, 5.41) is 3.35. The van der Waals surface area contributed by atoms with Gasteiger partial charge in [0, 0.05) is 25.0 Å². The molecule has 9 heteroatoms. The Morgan fingerprint density at radius 1 is 1.30 bits per heavy atom. The second-order valence-electron chi connectivity index (χ2n) is 6.91. The van der Waals surface area contributed by atoms with Crippen LogP contribution >= 0.6 is 11.8 Å². The first-order chi connectivity index (χ1) is 14.6. The fourth-order valence-electron chi connectivity index (χ4n) is 3.51. The molecule has 4 rings (SSSR count). The molecule has 0 atom stereocenters. The number of anilines is 1. The Bertz CT molecular complexity index is 1180. The Kier molecular flexibility index (Phi) is 5.97. The number of hydrogen-bond acceptors (Lipinski definition) is 6. The number of piperazine rings is 1. The Morgan fingerprint density at radius 2 is 2.07 bits per heavy atom. The average molecular weight is 426 g/mol. The van der Waals surface area contributed by atoms with E-state index < -0.39 is 0 Å². The number of nitrogens with one attached hydrogen (secondary N) is 2. The van der Waals surface area contributed by atoms with Gasteiger partial charge in [0.1, 0.15) is 12.3 Å². The zero-order chi connectivity index (χ0) is 21.1. The standard InChI is InChI=1S/C21H24N6O2S/c1-4-5-12-27-17-18(23-20(27)26-13-10-22-11-14-26)24-21(25(2)19(17)28)29-15-8-6-7-9-16(15)30-3/h6-9,22H,10-14H2,1-3H3/p+1. The topological polar surface area (TPSA) is 79.1 Å². The third-order valence-corrected chi connectivity index (χ3v) is 5.86. The molecule has 0 unspecified atom stereocenters. The number of fused-ring (bicyclic) bond motifs is 1. The largest absolute Gasteiger partial charge is 0.424 e. The third kappa shape index (κ3) is 3.76. The lowest BCUT2D eigenvalue weighted by Gasteiger charge is -2.22. The van der Waals surface area contributed by atoms with Crippen molar-refractivity contribution in [3.8, 4) is 23.6 Å². The van der Waals surface area contributed by atoms with Crippen LogP contribution in [-0.2, 0) is 13.6 Å². The summed E-state index contributed by atoms with van der Waals surface area (Å²) in [5.74, 6) is 7.52. The van der Waals surface area contributed by atoms with E-state index >= 15 is 0 Å². The van der Waals surface area contributed by atoms with Gasteiger partial charge >= 0.3 is 12.0 Å². The monoisotopic (exact) mass is 425 g/mol. The number of imidazole rings is 1. The molecule has 8 nitrogen and oxygen atoms in total. The number of ether oxygens (including phenoxy) is 1. The third-order valence-electron chi connectivity index (χ3n) is 5.08. The van der Waals surface area contributed by atoms with Crippen molar-refractivity contribution in [2.24, 2.45) is 7.05 Å². The maximum Gasteiger partial charge on any atom is 0.360 e. The number of thioether (sulfide) groups is 1. The molecule has 0 aliphatic carbocycles. The van der Waals surface area contributed by atoms with Crippen LogP contribution in [0.3, 0.4) is 0 Å². The van der Waals surface area contributed by atoms with Crippen molar-refractivity contribution in [1.82, 2.24) is 19.9 Å². The van der Waals surface area contributed by atoms with Gasteiger partial charge < -0.3 is 10.1 Å². The van der Waals surface area contributed by atoms with E-state index in [0.29, 0.717) is 23.5 Å². The lowest BCUT2D eigenvalue weighted by atomic mass is 10.3. The maximum atomic E-state index is 13.3. The SMILES string of the molecule is CC#CC[n+]1c(N2CCNCC2)[nH]c2nc(Oc3ccccc3SC)n(C)c(=O)c21. The summed E-state index contributed by atoms with van der Waals surface area (Å²) in [5.41, 5.74) is 0.827. The molecule has 1 fully saturated rings. The minimum atomic E-state index is -0.174. The zero-order valence-corrected chi connectivity index (χ0v) is 18.2. The molecule has 156 valence electrons. The molecular formula is C21H25N6O2S+. The van der Waals surface area contributed by atoms with E-state index in [-0.39, 0.29) is 11.6 Å². The van der Waals surface area contributed by atoms with Crippen LogP contribution in [0.5, 0.6) is 11.8 Å². The summed E-state index contributed by atoms with van der Waals surface area (Å²) < 4.78 is 9.42. The van der Waals surface area contributed by atoms with Crippen LogP contribution in [0.25, 0.3) is 11.2 Å². The van der Waals surface area contributed by atoms with E-state index in [0.717, 1.165) is 37.0 Å². The minimum Gasteiger partial charge on any atom is -0.424 e. The molecule has 1 aliphatic heterocycles. The van der Waals surface area contributed by atoms with Crippen molar-refractivity contribution in [3.05, 3.63) is 34.6 Å². The number of H-pyrrole nitrogens is 1. The average Bonchev–Trinajstić information content (AvgIpc) is 3.15. The van der Waals surface area contributed by atoms with Gasteiger partial charge in [0.05, 0.1) is 13.1 Å². The minimum absolute atomic E-state index is 0.174. The predicted molar refractivity (Wildman–Crippen MR) is 118 cm³/mol. The smallest absolute Gasteiger partial charge is 0.360 e.